The average molecular weight is 206 g/mol. The number of benzene rings is 1. The van der Waals surface area contributed by atoms with Crippen molar-refractivity contribution in [2.24, 2.45) is 0 Å². The predicted octanol–water partition coefficient (Wildman–Crippen LogP) is 1.14. The SMILES string of the molecule is COOB(OF)c1cccc(F)c1F. The van der Waals surface area contributed by atoms with Crippen molar-refractivity contribution in [1.29, 1.82) is 0 Å². The van der Waals surface area contributed by atoms with Gasteiger partial charge in [-0.15, -0.1) is 0 Å². The molecule has 0 aliphatic rings. The summed E-state index contributed by atoms with van der Waals surface area (Å²) in [6.07, 6.45) is 0. The van der Waals surface area contributed by atoms with E-state index in [2.05, 4.69) is 14.6 Å². The van der Waals surface area contributed by atoms with Crippen LogP contribution in [0.25, 0.3) is 0 Å². The fourth-order valence-corrected chi connectivity index (χ4v) is 0.905. The standard InChI is InChI=1S/C7H6BF3O3/c1-12-14-8(13-11)5-3-2-4-6(9)7(5)10/h2-4H,1H3. The molecule has 1 rings (SSSR count). The Hall–Kier alpha value is -1.05. The Kier molecular flexibility index (Phi) is 3.93. The average Bonchev–Trinajstić information content (AvgIpc) is 2.19. The topological polar surface area (TPSA) is 27.7 Å². The molecule has 0 heterocycles. The Balaban J connectivity index is 2.97. The van der Waals surface area contributed by atoms with Crippen molar-refractivity contribution in [3.8, 4) is 0 Å². The minimum absolute atomic E-state index is 0.422. The molecule has 0 N–H and O–H groups in total. The molecule has 1 aromatic rings. The highest BCUT2D eigenvalue weighted by Crippen LogP contribution is 2.04. The van der Waals surface area contributed by atoms with Gasteiger partial charge in [-0.05, 0) is 6.07 Å². The molecule has 0 aromatic heterocycles. The first-order valence-electron chi connectivity index (χ1n) is 3.61. The van der Waals surface area contributed by atoms with Crippen LogP contribution < -0.4 is 5.46 Å². The molecule has 0 spiro atoms. The third-order valence-electron chi connectivity index (χ3n) is 1.50. The lowest BCUT2D eigenvalue weighted by Crippen LogP contribution is -2.37. The van der Waals surface area contributed by atoms with Gasteiger partial charge in [-0.25, -0.2) is 13.6 Å². The summed E-state index contributed by atoms with van der Waals surface area (Å²) in [5.41, 5.74) is -0.422. The lowest BCUT2D eigenvalue weighted by atomic mass is 9.79. The van der Waals surface area contributed by atoms with Crippen LogP contribution in [0.15, 0.2) is 18.2 Å². The van der Waals surface area contributed by atoms with E-state index in [1.807, 2.05) is 0 Å². The molecule has 0 atom stereocenters. The van der Waals surface area contributed by atoms with Crippen molar-refractivity contribution >= 4 is 12.6 Å². The van der Waals surface area contributed by atoms with Gasteiger partial charge in [-0.2, -0.15) is 0 Å². The van der Waals surface area contributed by atoms with E-state index in [4.69, 9.17) is 0 Å². The summed E-state index contributed by atoms with van der Waals surface area (Å²) >= 11 is 0. The Morgan fingerprint density at radius 3 is 2.57 bits per heavy atom. The monoisotopic (exact) mass is 206 g/mol. The summed E-state index contributed by atoms with van der Waals surface area (Å²) in [5.74, 6) is -2.36. The maximum absolute atomic E-state index is 13.0. The molecule has 0 saturated carbocycles. The summed E-state index contributed by atoms with van der Waals surface area (Å²) in [4.78, 5) is 11.6. The number of halogens is 3. The highest BCUT2D eigenvalue weighted by Gasteiger charge is 2.29. The van der Waals surface area contributed by atoms with E-state index < -0.39 is 24.2 Å². The zero-order valence-corrected chi connectivity index (χ0v) is 7.17. The minimum Gasteiger partial charge on any atom is -0.255 e. The van der Waals surface area contributed by atoms with Gasteiger partial charge in [0.15, 0.2) is 11.6 Å². The van der Waals surface area contributed by atoms with Gasteiger partial charge in [0.1, 0.15) is 0 Å². The largest absolute Gasteiger partial charge is 0.564 e. The van der Waals surface area contributed by atoms with Gasteiger partial charge < -0.3 is 0 Å². The van der Waals surface area contributed by atoms with Crippen LogP contribution >= 0.6 is 0 Å². The molecule has 0 unspecified atom stereocenters. The quantitative estimate of drug-likeness (QED) is 0.420. The van der Waals surface area contributed by atoms with Gasteiger partial charge in [0.2, 0.25) is 0 Å². The lowest BCUT2D eigenvalue weighted by Gasteiger charge is -2.07. The van der Waals surface area contributed by atoms with Crippen molar-refractivity contribution in [2.45, 2.75) is 0 Å². The highest BCUT2D eigenvalue weighted by atomic mass is 19.3. The third-order valence-corrected chi connectivity index (χ3v) is 1.50. The summed E-state index contributed by atoms with van der Waals surface area (Å²) in [6.45, 7) is 0. The van der Waals surface area contributed by atoms with Crippen LogP contribution in [0.2, 0.25) is 0 Å². The Labute approximate surface area is 78.4 Å². The van der Waals surface area contributed by atoms with E-state index >= 15 is 0 Å². The normalized spacial score (nSPS) is 10.3. The molecule has 0 amide bonds. The van der Waals surface area contributed by atoms with Crippen molar-refractivity contribution in [3.63, 3.8) is 0 Å². The summed E-state index contributed by atoms with van der Waals surface area (Å²) < 4.78 is 37.5. The maximum atomic E-state index is 13.0. The first-order chi connectivity index (χ1) is 6.70. The van der Waals surface area contributed by atoms with Crippen molar-refractivity contribution in [3.05, 3.63) is 29.8 Å². The third kappa shape index (κ3) is 2.25. The highest BCUT2D eigenvalue weighted by molar-refractivity contribution is 6.60. The second-order valence-corrected chi connectivity index (χ2v) is 2.33. The van der Waals surface area contributed by atoms with Crippen molar-refractivity contribution in [1.82, 2.24) is 0 Å². The number of rotatable bonds is 4. The number of hydrogen-bond acceptors (Lipinski definition) is 3. The van der Waals surface area contributed by atoms with Crippen molar-refractivity contribution in [2.75, 3.05) is 7.11 Å². The zero-order chi connectivity index (χ0) is 10.6. The van der Waals surface area contributed by atoms with E-state index in [9.17, 15) is 13.3 Å². The van der Waals surface area contributed by atoms with E-state index in [1.54, 1.807) is 0 Å². The molecule has 14 heavy (non-hydrogen) atoms. The molecule has 3 nitrogen and oxygen atoms in total. The Morgan fingerprint density at radius 1 is 1.29 bits per heavy atom. The second-order valence-electron chi connectivity index (χ2n) is 2.33. The number of hydrogen-bond donors (Lipinski definition) is 0. The van der Waals surface area contributed by atoms with Gasteiger partial charge >= 0.3 is 7.12 Å². The summed E-state index contributed by atoms with van der Waals surface area (Å²) in [6, 6.07) is 3.20. The molecule has 1 aromatic carbocycles. The zero-order valence-electron chi connectivity index (χ0n) is 7.17. The van der Waals surface area contributed by atoms with Gasteiger partial charge in [-0.1, -0.05) is 16.7 Å². The first-order valence-corrected chi connectivity index (χ1v) is 3.61. The molecule has 7 heteroatoms. The first kappa shape index (κ1) is 11.0. The van der Waals surface area contributed by atoms with Crippen LogP contribution in [0.4, 0.5) is 13.3 Å². The fourth-order valence-electron chi connectivity index (χ4n) is 0.905. The van der Waals surface area contributed by atoms with Crippen LogP contribution in [0, 0.1) is 11.6 Å². The van der Waals surface area contributed by atoms with Gasteiger partial charge in [0, 0.05) is 5.46 Å². The van der Waals surface area contributed by atoms with Gasteiger partial charge in [0.25, 0.3) is 0 Å². The summed E-state index contributed by atoms with van der Waals surface area (Å²) in [7, 11) is -0.654. The molecular weight excluding hydrogens is 200 g/mol. The minimum atomic E-state index is -1.74. The van der Waals surface area contributed by atoms with E-state index in [0.29, 0.717) is 0 Å². The van der Waals surface area contributed by atoms with E-state index in [1.165, 1.54) is 6.07 Å². The molecule has 0 radical (unpaired) electrons. The maximum Gasteiger partial charge on any atom is 0.564 e. The molecule has 76 valence electrons. The smallest absolute Gasteiger partial charge is 0.255 e. The molecule has 0 aliphatic carbocycles. The van der Waals surface area contributed by atoms with E-state index in [-0.39, 0.29) is 0 Å². The van der Waals surface area contributed by atoms with E-state index in [0.717, 1.165) is 19.2 Å². The van der Waals surface area contributed by atoms with Crippen LogP contribution in [0.1, 0.15) is 0 Å². The lowest BCUT2D eigenvalue weighted by molar-refractivity contribution is -0.213. The van der Waals surface area contributed by atoms with Gasteiger partial charge in [-0.3, -0.25) is 9.69 Å². The molecule has 0 saturated heterocycles. The Morgan fingerprint density at radius 2 is 2.00 bits per heavy atom. The Bertz CT molecular complexity index is 310. The molecule has 0 aliphatic heterocycles. The predicted molar refractivity (Wildman–Crippen MR) is 42.0 cm³/mol. The van der Waals surface area contributed by atoms with Crippen LogP contribution in [0.3, 0.4) is 0 Å². The molecule has 0 bridgehead atoms. The van der Waals surface area contributed by atoms with Crippen molar-refractivity contribution < 1.29 is 27.9 Å². The van der Waals surface area contributed by atoms with Crippen LogP contribution in [-0.2, 0) is 14.6 Å². The van der Waals surface area contributed by atoms with Crippen LogP contribution in [0.5, 0.6) is 0 Å². The molecular formula is C7H6BF3O3. The van der Waals surface area contributed by atoms with Crippen LogP contribution in [-0.4, -0.2) is 14.2 Å². The van der Waals surface area contributed by atoms with Gasteiger partial charge in [0.05, 0.1) is 7.11 Å². The molecule has 0 fully saturated rings. The second kappa shape index (κ2) is 4.99. The summed E-state index contributed by atoms with van der Waals surface area (Å²) in [5, 5.41) is 0. The fraction of sp³-hybridized carbons (Fsp3) is 0.143.